The Morgan fingerprint density at radius 1 is 1.00 bits per heavy atom. The topological polar surface area (TPSA) is 162 Å². The second-order valence-corrected chi connectivity index (χ2v) is 12.7. The maximum atomic E-state index is 12.7. The average molecular weight is 745 g/mol. The first-order valence-corrected chi connectivity index (χ1v) is 19.7. The third-order valence-electron chi connectivity index (χ3n) is 7.42. The second kappa shape index (κ2) is 33.0. The fourth-order valence-electron chi connectivity index (χ4n) is 4.67. The molecule has 0 spiro atoms. The molecule has 4 amide bonds. The van der Waals surface area contributed by atoms with Crippen molar-refractivity contribution in [3.05, 3.63) is 11.9 Å². The molecule has 1 aliphatic heterocycles. The van der Waals surface area contributed by atoms with E-state index in [1.165, 1.54) is 45.5 Å². The second-order valence-electron chi connectivity index (χ2n) is 11.4. The molecule has 1 saturated heterocycles. The van der Waals surface area contributed by atoms with Crippen LogP contribution in [0.2, 0.25) is 0 Å². The number of amides is 4. The summed E-state index contributed by atoms with van der Waals surface area (Å²) in [6.45, 7) is 18.5. The number of likely N-dealkylation sites (tertiary alicyclic amines) is 1. The van der Waals surface area contributed by atoms with E-state index in [0.29, 0.717) is 56.7 Å². The number of nitrogens with zero attached hydrogens (tertiary/aromatic N) is 5. The molecule has 1 N–H and O–H groups in total. The van der Waals surface area contributed by atoms with E-state index in [1.807, 2.05) is 55.4 Å². The van der Waals surface area contributed by atoms with Gasteiger partial charge in [0.15, 0.2) is 5.78 Å². The molecule has 15 heteroatoms. The van der Waals surface area contributed by atoms with Crippen LogP contribution < -0.4 is 5.32 Å². The summed E-state index contributed by atoms with van der Waals surface area (Å²) in [4.78, 5) is 61.1. The number of thioether (sulfide) groups is 1. The summed E-state index contributed by atoms with van der Waals surface area (Å²) < 4.78 is 18.1. The molecule has 2 heterocycles. The number of likely N-dealkylation sites (N-methyl/N-ethyl adjacent to an activating group) is 1. The van der Waals surface area contributed by atoms with Crippen LogP contribution in [0.5, 0.6) is 0 Å². The molecule has 51 heavy (non-hydrogen) atoms. The van der Waals surface area contributed by atoms with Gasteiger partial charge in [0.2, 0.25) is 24.1 Å². The predicted octanol–water partition coefficient (Wildman–Crippen LogP) is 4.39. The molecule has 3 rings (SSSR count). The highest BCUT2D eigenvalue weighted by Crippen LogP contribution is 2.29. The lowest BCUT2D eigenvalue weighted by atomic mass is 9.89. The molecular formula is C36H68N6O8S. The number of ether oxygens (including phenoxy) is 3. The lowest BCUT2D eigenvalue weighted by Gasteiger charge is -2.25. The number of hydrogen-bond donors (Lipinski definition) is 1. The summed E-state index contributed by atoms with van der Waals surface area (Å²) >= 11 is 1.47. The molecule has 296 valence electrons. The summed E-state index contributed by atoms with van der Waals surface area (Å²) in [6.07, 6.45) is 8.44. The van der Waals surface area contributed by atoms with E-state index in [-0.39, 0.29) is 67.5 Å². The van der Waals surface area contributed by atoms with Crippen molar-refractivity contribution in [1.82, 2.24) is 30.1 Å². The lowest BCUT2D eigenvalue weighted by molar-refractivity contribution is -0.139. The van der Waals surface area contributed by atoms with Gasteiger partial charge in [-0.3, -0.25) is 28.9 Å². The third-order valence-corrected chi connectivity index (χ3v) is 8.60. The van der Waals surface area contributed by atoms with Crippen LogP contribution in [0.1, 0.15) is 99.6 Å². The minimum atomic E-state index is -0.308. The summed E-state index contributed by atoms with van der Waals surface area (Å²) in [5.74, 6) is 0.843. The average Bonchev–Trinajstić information content (AvgIpc) is 3.72. The zero-order chi connectivity index (χ0) is 39.0. The van der Waals surface area contributed by atoms with Crippen LogP contribution in [0.15, 0.2) is 6.20 Å². The van der Waals surface area contributed by atoms with Gasteiger partial charge in [0.1, 0.15) is 18.8 Å². The Balaban J connectivity index is 0. The highest BCUT2D eigenvalue weighted by atomic mass is 32.2. The van der Waals surface area contributed by atoms with E-state index in [1.54, 1.807) is 20.3 Å². The standard InChI is InChI=1S/C28H45N5O7S.C2H5NO.3C2H6/c1-21(2)24(34)18-32-17-23(29-30-32)19-39-10-9-31(3)27(36)20-40-12-11-38-13-14-41-25-15-26(35)33(28(25)37)16-22-7-5-4-6-8-22;1-3-2-4;3*1-2/h17,21-22,25H,4-16,18-20H2,1-3H3;2H,1H3,(H,3,4);3*1-2H3. The zero-order valence-corrected chi connectivity index (χ0v) is 33.9. The van der Waals surface area contributed by atoms with Gasteiger partial charge in [0.25, 0.3) is 0 Å². The number of rotatable bonds is 20. The summed E-state index contributed by atoms with van der Waals surface area (Å²) in [5, 5.41) is 9.88. The maximum absolute atomic E-state index is 12.7. The Kier molecular flexibility index (Phi) is 32.5. The first-order chi connectivity index (χ1) is 24.7. The van der Waals surface area contributed by atoms with Crippen LogP contribution in [0.25, 0.3) is 0 Å². The minimum absolute atomic E-state index is 0.0474. The number of aromatic nitrogens is 3. The van der Waals surface area contributed by atoms with E-state index in [9.17, 15) is 19.2 Å². The fraction of sp³-hybridized carbons (Fsp3) is 0.806. The van der Waals surface area contributed by atoms with Gasteiger partial charge in [0, 0.05) is 45.3 Å². The van der Waals surface area contributed by atoms with Crippen molar-refractivity contribution in [3.63, 3.8) is 0 Å². The number of nitrogens with one attached hydrogen (secondary N) is 1. The van der Waals surface area contributed by atoms with E-state index >= 15 is 0 Å². The normalized spacial score (nSPS) is 15.3. The monoisotopic (exact) mass is 744 g/mol. The van der Waals surface area contributed by atoms with Crippen molar-refractivity contribution in [3.8, 4) is 0 Å². The molecule has 1 aromatic heterocycles. The van der Waals surface area contributed by atoms with Gasteiger partial charge in [-0.1, -0.05) is 79.9 Å². The van der Waals surface area contributed by atoms with Gasteiger partial charge >= 0.3 is 0 Å². The third kappa shape index (κ3) is 22.6. The fourth-order valence-corrected chi connectivity index (χ4v) is 5.70. The zero-order valence-electron chi connectivity index (χ0n) is 33.1. The molecule has 1 aromatic rings. The number of hydrogen-bond acceptors (Lipinski definition) is 11. The predicted molar refractivity (Wildman–Crippen MR) is 202 cm³/mol. The Labute approximate surface area is 311 Å². The van der Waals surface area contributed by atoms with Gasteiger partial charge in [-0.2, -0.15) is 0 Å². The van der Waals surface area contributed by atoms with Gasteiger partial charge in [0.05, 0.1) is 44.5 Å². The van der Waals surface area contributed by atoms with E-state index in [4.69, 9.17) is 19.0 Å². The molecule has 1 saturated carbocycles. The number of imide groups is 1. The maximum Gasteiger partial charge on any atom is 0.248 e. The number of carbonyl (C=O) groups is 5. The van der Waals surface area contributed by atoms with Crippen molar-refractivity contribution >= 4 is 41.7 Å². The Morgan fingerprint density at radius 3 is 2.24 bits per heavy atom. The molecule has 14 nitrogen and oxygen atoms in total. The molecule has 0 bridgehead atoms. The summed E-state index contributed by atoms with van der Waals surface area (Å²) in [6, 6.07) is 0. The van der Waals surface area contributed by atoms with Crippen molar-refractivity contribution < 1.29 is 38.2 Å². The molecule has 1 unspecified atom stereocenters. The quantitative estimate of drug-likeness (QED) is 0.115. The van der Waals surface area contributed by atoms with Crippen LogP contribution in [-0.4, -0.2) is 126 Å². The number of Topliss-reactive ketones (excluding diaryl/α,β-unsaturated/α-hetero) is 1. The van der Waals surface area contributed by atoms with E-state index in [2.05, 4.69) is 15.6 Å². The molecule has 0 aromatic carbocycles. The molecule has 2 aliphatic rings. The number of carbonyl (C=O) groups excluding carboxylic acids is 5. The van der Waals surface area contributed by atoms with Crippen molar-refractivity contribution in [1.29, 1.82) is 0 Å². The van der Waals surface area contributed by atoms with Crippen molar-refractivity contribution in [2.24, 2.45) is 11.8 Å². The SMILES string of the molecule is CC.CC.CC.CC(C)C(=O)Cn1cc(COCCN(C)C(=O)COCCOCCSC2CC(=O)N(CC3CCCCC3)C2=O)nn1.CNC=O. The molecular weight excluding hydrogens is 676 g/mol. The van der Waals surface area contributed by atoms with Gasteiger partial charge in [-0.25, -0.2) is 4.68 Å². The largest absolute Gasteiger partial charge is 0.378 e. The van der Waals surface area contributed by atoms with Gasteiger partial charge < -0.3 is 24.4 Å². The lowest BCUT2D eigenvalue weighted by Crippen LogP contribution is -2.36. The van der Waals surface area contributed by atoms with Crippen LogP contribution in [0, 0.1) is 11.8 Å². The molecule has 2 fully saturated rings. The molecule has 0 radical (unpaired) electrons. The Bertz CT molecular complexity index is 1070. The smallest absolute Gasteiger partial charge is 0.248 e. The van der Waals surface area contributed by atoms with Crippen LogP contribution in [-0.2, 0) is 51.3 Å². The summed E-state index contributed by atoms with van der Waals surface area (Å²) in [5.41, 5.74) is 0.622. The van der Waals surface area contributed by atoms with Gasteiger partial charge in [-0.15, -0.1) is 16.9 Å². The van der Waals surface area contributed by atoms with Crippen LogP contribution in [0.3, 0.4) is 0 Å². The van der Waals surface area contributed by atoms with Crippen LogP contribution in [0.4, 0.5) is 0 Å². The highest BCUT2D eigenvalue weighted by molar-refractivity contribution is 8.00. The molecule has 1 aliphatic carbocycles. The first-order valence-electron chi connectivity index (χ1n) is 18.6. The van der Waals surface area contributed by atoms with Crippen molar-refractivity contribution in [2.45, 2.75) is 112 Å². The summed E-state index contributed by atoms with van der Waals surface area (Å²) in [7, 11) is 3.24. The van der Waals surface area contributed by atoms with E-state index < -0.39 is 0 Å². The Hall–Kier alpha value is -2.88. The highest BCUT2D eigenvalue weighted by Gasteiger charge is 2.39. The first kappa shape index (κ1) is 50.2. The number of ketones is 1. The minimum Gasteiger partial charge on any atom is -0.378 e. The molecule has 1 atom stereocenters. The van der Waals surface area contributed by atoms with Crippen molar-refractivity contribution in [2.75, 3.05) is 66.0 Å². The van der Waals surface area contributed by atoms with Crippen LogP contribution >= 0.6 is 11.8 Å². The van der Waals surface area contributed by atoms with Gasteiger partial charge in [-0.05, 0) is 18.8 Å². The Morgan fingerprint density at radius 2 is 1.63 bits per heavy atom. The van der Waals surface area contributed by atoms with E-state index in [0.717, 1.165) is 12.8 Å².